The number of benzene rings is 1. The van der Waals surface area contributed by atoms with Crippen LogP contribution in [0.4, 0.5) is 0 Å². The quantitative estimate of drug-likeness (QED) is 0.717. The molecular weight excluding hydrogens is 236 g/mol. The molecule has 2 aromatic rings. The van der Waals surface area contributed by atoms with Crippen molar-refractivity contribution in [2.24, 2.45) is 0 Å². The van der Waals surface area contributed by atoms with Crippen molar-refractivity contribution in [1.82, 2.24) is 9.55 Å². The Kier molecular flexibility index (Phi) is 2.06. The number of nitrogens with zero attached hydrogens (tertiary/aromatic N) is 2. The predicted octanol–water partition coefficient (Wildman–Crippen LogP) is 3.63. The fourth-order valence-electron chi connectivity index (χ4n) is 3.26. The molecular formula is C16H16N2O. The summed E-state index contributed by atoms with van der Waals surface area (Å²) in [4.78, 5) is 17.3. The summed E-state index contributed by atoms with van der Waals surface area (Å²) in [6.45, 7) is 4.17. The molecule has 0 saturated carbocycles. The zero-order valence-electron chi connectivity index (χ0n) is 11.3. The Hall–Kier alpha value is -1.90. The van der Waals surface area contributed by atoms with E-state index < -0.39 is 0 Å². The molecule has 19 heavy (non-hydrogen) atoms. The molecule has 2 heterocycles. The molecule has 0 atom stereocenters. The van der Waals surface area contributed by atoms with Gasteiger partial charge in [0.25, 0.3) is 5.91 Å². The van der Waals surface area contributed by atoms with Crippen LogP contribution in [0.1, 0.15) is 47.4 Å². The minimum absolute atomic E-state index is 0.162. The van der Waals surface area contributed by atoms with Crippen LogP contribution in [0, 0.1) is 13.8 Å². The zero-order valence-corrected chi connectivity index (χ0v) is 11.3. The molecule has 2 aliphatic rings. The van der Waals surface area contributed by atoms with Gasteiger partial charge in [0.1, 0.15) is 5.82 Å². The molecule has 1 aliphatic carbocycles. The Bertz CT molecular complexity index is 765. The van der Waals surface area contributed by atoms with Gasteiger partial charge in [-0.1, -0.05) is 0 Å². The summed E-state index contributed by atoms with van der Waals surface area (Å²) in [5, 5.41) is 0. The standard InChI is InChI=1S/C16H16N2O/c1-9-7-13-14(8-10(9)2)18-15(17-13)11-5-3-4-6-12(11)16(18)19/h7-8H,3-6H2,1-2H3. The molecule has 0 amide bonds. The average molecular weight is 252 g/mol. The summed E-state index contributed by atoms with van der Waals surface area (Å²) in [6, 6.07) is 4.18. The first-order valence-electron chi connectivity index (χ1n) is 6.93. The van der Waals surface area contributed by atoms with Gasteiger partial charge >= 0.3 is 0 Å². The predicted molar refractivity (Wildman–Crippen MR) is 75.2 cm³/mol. The van der Waals surface area contributed by atoms with Crippen LogP contribution in [-0.2, 0) is 0 Å². The molecule has 0 saturated heterocycles. The van der Waals surface area contributed by atoms with Crippen LogP contribution < -0.4 is 0 Å². The van der Waals surface area contributed by atoms with Gasteiger partial charge in [-0.15, -0.1) is 0 Å². The van der Waals surface area contributed by atoms with Crippen LogP contribution in [0.15, 0.2) is 17.7 Å². The zero-order chi connectivity index (χ0) is 13.1. The Labute approximate surface area is 111 Å². The lowest BCUT2D eigenvalue weighted by molar-refractivity contribution is 0.0961. The van der Waals surface area contributed by atoms with E-state index in [1.54, 1.807) is 0 Å². The third-order valence-electron chi connectivity index (χ3n) is 4.47. The van der Waals surface area contributed by atoms with E-state index >= 15 is 0 Å². The number of allylic oxidation sites excluding steroid dienone is 2. The van der Waals surface area contributed by atoms with E-state index in [1.165, 1.54) is 23.1 Å². The van der Waals surface area contributed by atoms with Crippen LogP contribution >= 0.6 is 0 Å². The van der Waals surface area contributed by atoms with Crippen molar-refractivity contribution in [1.29, 1.82) is 0 Å². The molecule has 0 radical (unpaired) electrons. The number of aromatic nitrogens is 2. The molecule has 1 aliphatic heterocycles. The highest BCUT2D eigenvalue weighted by atomic mass is 16.2. The second-order valence-corrected chi connectivity index (χ2v) is 5.67. The van der Waals surface area contributed by atoms with Crippen molar-refractivity contribution in [2.45, 2.75) is 39.5 Å². The first-order chi connectivity index (χ1) is 9.16. The van der Waals surface area contributed by atoms with Gasteiger partial charge in [0.05, 0.1) is 11.0 Å². The molecule has 0 unspecified atom stereocenters. The lowest BCUT2D eigenvalue weighted by atomic mass is 9.93. The van der Waals surface area contributed by atoms with Crippen molar-refractivity contribution in [2.75, 3.05) is 0 Å². The van der Waals surface area contributed by atoms with Crippen LogP contribution in [0.5, 0.6) is 0 Å². The fourth-order valence-corrected chi connectivity index (χ4v) is 3.26. The number of hydrogen-bond acceptors (Lipinski definition) is 2. The number of imidazole rings is 1. The van der Waals surface area contributed by atoms with Crippen molar-refractivity contribution in [3.8, 4) is 0 Å². The van der Waals surface area contributed by atoms with E-state index in [0.717, 1.165) is 41.7 Å². The normalized spacial score (nSPS) is 18.1. The number of hydrogen-bond donors (Lipinski definition) is 0. The molecule has 96 valence electrons. The van der Waals surface area contributed by atoms with Crippen LogP contribution in [0.2, 0.25) is 0 Å². The summed E-state index contributed by atoms with van der Waals surface area (Å²) >= 11 is 0. The average Bonchev–Trinajstić information content (AvgIpc) is 2.89. The van der Waals surface area contributed by atoms with Crippen molar-refractivity contribution >= 4 is 22.5 Å². The largest absolute Gasteiger partial charge is 0.269 e. The third-order valence-corrected chi connectivity index (χ3v) is 4.47. The van der Waals surface area contributed by atoms with Gasteiger partial charge in [-0.2, -0.15) is 0 Å². The molecule has 1 aromatic carbocycles. The highest BCUT2D eigenvalue weighted by molar-refractivity contribution is 6.12. The number of rotatable bonds is 0. The number of aryl methyl sites for hydroxylation is 2. The SMILES string of the molecule is Cc1cc2nc3n(c2cc1C)C(=O)C1=C3CCCC1. The van der Waals surface area contributed by atoms with E-state index in [0.29, 0.717) is 0 Å². The van der Waals surface area contributed by atoms with Gasteiger partial charge < -0.3 is 0 Å². The Morgan fingerprint density at radius 1 is 1.05 bits per heavy atom. The first-order valence-corrected chi connectivity index (χ1v) is 6.93. The minimum Gasteiger partial charge on any atom is -0.269 e. The lowest BCUT2D eigenvalue weighted by Crippen LogP contribution is -2.09. The topological polar surface area (TPSA) is 34.9 Å². The summed E-state index contributed by atoms with van der Waals surface area (Å²) in [7, 11) is 0. The Morgan fingerprint density at radius 3 is 2.53 bits per heavy atom. The fraction of sp³-hybridized carbons (Fsp3) is 0.375. The Balaban J connectivity index is 2.04. The second kappa shape index (κ2) is 3.56. The maximum atomic E-state index is 12.6. The monoisotopic (exact) mass is 252 g/mol. The minimum atomic E-state index is 0.162. The molecule has 0 N–H and O–H groups in total. The van der Waals surface area contributed by atoms with Gasteiger partial charge in [-0.3, -0.25) is 9.36 Å². The summed E-state index contributed by atoms with van der Waals surface area (Å²) in [5.41, 5.74) is 6.57. The number of fused-ring (bicyclic) bond motifs is 4. The van der Waals surface area contributed by atoms with Crippen LogP contribution in [0.25, 0.3) is 16.6 Å². The van der Waals surface area contributed by atoms with Gasteiger partial charge in [0.15, 0.2) is 0 Å². The lowest BCUT2D eigenvalue weighted by Gasteiger charge is -2.11. The molecule has 3 heteroatoms. The van der Waals surface area contributed by atoms with Crippen molar-refractivity contribution < 1.29 is 4.79 Å². The van der Waals surface area contributed by atoms with E-state index in [2.05, 4.69) is 26.0 Å². The van der Waals surface area contributed by atoms with E-state index in [4.69, 9.17) is 4.98 Å². The highest BCUT2D eigenvalue weighted by Gasteiger charge is 2.33. The number of carbonyl (C=O) groups excluding carboxylic acids is 1. The first kappa shape index (κ1) is 11.0. The maximum absolute atomic E-state index is 12.6. The van der Waals surface area contributed by atoms with Crippen molar-refractivity contribution in [3.05, 3.63) is 34.7 Å². The third kappa shape index (κ3) is 1.33. The molecule has 0 bridgehead atoms. The van der Waals surface area contributed by atoms with E-state index in [-0.39, 0.29) is 5.91 Å². The molecule has 0 fully saturated rings. The second-order valence-electron chi connectivity index (χ2n) is 5.67. The molecule has 3 nitrogen and oxygen atoms in total. The molecule has 0 spiro atoms. The number of carbonyl (C=O) groups is 1. The van der Waals surface area contributed by atoms with Gasteiger partial charge in [0.2, 0.25) is 0 Å². The highest BCUT2D eigenvalue weighted by Crippen LogP contribution is 2.39. The summed E-state index contributed by atoms with van der Waals surface area (Å²) in [5.74, 6) is 1.06. The molecule has 1 aromatic heterocycles. The van der Waals surface area contributed by atoms with Crippen LogP contribution in [0.3, 0.4) is 0 Å². The van der Waals surface area contributed by atoms with Gasteiger partial charge in [-0.05, 0) is 62.8 Å². The van der Waals surface area contributed by atoms with E-state index in [1.807, 2.05) is 4.57 Å². The summed E-state index contributed by atoms with van der Waals surface area (Å²) < 4.78 is 1.83. The smallest absolute Gasteiger partial charge is 0.260 e. The summed E-state index contributed by atoms with van der Waals surface area (Å²) in [6.07, 6.45) is 4.23. The van der Waals surface area contributed by atoms with E-state index in [9.17, 15) is 4.79 Å². The Morgan fingerprint density at radius 2 is 1.74 bits per heavy atom. The van der Waals surface area contributed by atoms with Crippen LogP contribution in [-0.4, -0.2) is 15.5 Å². The molecule has 4 rings (SSSR count). The van der Waals surface area contributed by atoms with Gasteiger partial charge in [0, 0.05) is 11.1 Å². The van der Waals surface area contributed by atoms with Gasteiger partial charge in [-0.25, -0.2) is 4.98 Å². The van der Waals surface area contributed by atoms with Crippen molar-refractivity contribution in [3.63, 3.8) is 0 Å². The maximum Gasteiger partial charge on any atom is 0.260 e.